The van der Waals surface area contributed by atoms with E-state index in [9.17, 15) is 4.79 Å². The Labute approximate surface area is 137 Å². The van der Waals surface area contributed by atoms with Crippen LogP contribution in [-0.2, 0) is 6.54 Å². The summed E-state index contributed by atoms with van der Waals surface area (Å²) in [7, 11) is 3.81. The number of hydrogen-bond donors (Lipinski definition) is 2. The highest BCUT2D eigenvalue weighted by molar-refractivity contribution is 5.74. The van der Waals surface area contributed by atoms with Crippen molar-refractivity contribution < 1.29 is 4.79 Å². The Morgan fingerprint density at radius 2 is 2.22 bits per heavy atom. The lowest BCUT2D eigenvalue weighted by Crippen LogP contribution is -2.45. The predicted molar refractivity (Wildman–Crippen MR) is 89.2 cm³/mol. The topological polar surface area (TPSA) is 87.4 Å². The molecule has 7 heteroatoms. The van der Waals surface area contributed by atoms with Gasteiger partial charge in [-0.05, 0) is 25.8 Å². The summed E-state index contributed by atoms with van der Waals surface area (Å²) in [5, 5.41) is 2.96. The van der Waals surface area contributed by atoms with Crippen LogP contribution in [0, 0.1) is 12.3 Å². The van der Waals surface area contributed by atoms with Crippen molar-refractivity contribution >= 4 is 12.0 Å². The lowest BCUT2D eigenvalue weighted by Gasteiger charge is -2.41. The molecule has 3 rings (SSSR count). The molecule has 126 valence electrons. The molecule has 0 radical (unpaired) electrons. The molecular formula is C16H26N6O. The van der Waals surface area contributed by atoms with Crippen molar-refractivity contribution in [2.24, 2.45) is 11.1 Å². The minimum Gasteiger partial charge on any atom is -0.347 e. The number of nitrogens with one attached hydrogen (secondary N) is 1. The van der Waals surface area contributed by atoms with Gasteiger partial charge < -0.3 is 20.9 Å². The van der Waals surface area contributed by atoms with Gasteiger partial charge in [0.15, 0.2) is 0 Å². The first kappa shape index (κ1) is 16.0. The zero-order valence-electron chi connectivity index (χ0n) is 14.2. The molecule has 1 saturated heterocycles. The Morgan fingerprint density at radius 3 is 2.78 bits per heavy atom. The SMILES string of the molecule is Cc1cc(CNC(=O)N2CC(N)C3(CCC3)C2)nc(N(C)C)n1. The molecule has 1 spiro atoms. The molecule has 1 aromatic rings. The molecule has 0 bridgehead atoms. The van der Waals surface area contributed by atoms with Gasteiger partial charge >= 0.3 is 6.03 Å². The van der Waals surface area contributed by atoms with Crippen LogP contribution in [0.15, 0.2) is 6.07 Å². The van der Waals surface area contributed by atoms with Crippen LogP contribution in [-0.4, -0.2) is 54.1 Å². The number of anilines is 1. The van der Waals surface area contributed by atoms with E-state index in [0.717, 1.165) is 30.8 Å². The van der Waals surface area contributed by atoms with Gasteiger partial charge in [0.05, 0.1) is 12.2 Å². The molecule has 2 heterocycles. The second-order valence-electron chi connectivity index (χ2n) is 7.06. The molecule has 1 aliphatic carbocycles. The normalized spacial score (nSPS) is 22.1. The van der Waals surface area contributed by atoms with Crippen LogP contribution in [0.3, 0.4) is 0 Å². The summed E-state index contributed by atoms with van der Waals surface area (Å²) in [6, 6.07) is 1.96. The molecule has 1 unspecified atom stereocenters. The minimum absolute atomic E-state index is 0.0492. The maximum absolute atomic E-state index is 12.4. The van der Waals surface area contributed by atoms with Crippen LogP contribution in [0.25, 0.3) is 0 Å². The fourth-order valence-electron chi connectivity index (χ4n) is 3.49. The van der Waals surface area contributed by atoms with Crippen molar-refractivity contribution in [3.8, 4) is 0 Å². The Bertz CT molecular complexity index is 598. The number of hydrogen-bond acceptors (Lipinski definition) is 5. The van der Waals surface area contributed by atoms with Crippen LogP contribution in [0.1, 0.15) is 30.7 Å². The molecule has 7 nitrogen and oxygen atoms in total. The van der Waals surface area contributed by atoms with E-state index in [1.807, 2.05) is 36.9 Å². The zero-order chi connectivity index (χ0) is 16.6. The fraction of sp³-hybridized carbons (Fsp3) is 0.688. The van der Waals surface area contributed by atoms with E-state index < -0.39 is 0 Å². The molecule has 1 saturated carbocycles. The van der Waals surface area contributed by atoms with Gasteiger partial charge in [-0.25, -0.2) is 14.8 Å². The minimum atomic E-state index is -0.0492. The van der Waals surface area contributed by atoms with Crippen molar-refractivity contribution in [3.05, 3.63) is 17.5 Å². The van der Waals surface area contributed by atoms with Crippen molar-refractivity contribution in [3.63, 3.8) is 0 Å². The highest BCUT2D eigenvalue weighted by Crippen LogP contribution is 2.47. The van der Waals surface area contributed by atoms with Crippen LogP contribution in [0.2, 0.25) is 0 Å². The number of carbonyl (C=O) groups is 1. The van der Waals surface area contributed by atoms with Gasteiger partial charge in [0.25, 0.3) is 0 Å². The van der Waals surface area contributed by atoms with E-state index in [2.05, 4.69) is 15.3 Å². The average molecular weight is 318 g/mol. The monoisotopic (exact) mass is 318 g/mol. The molecule has 1 aliphatic heterocycles. The number of rotatable bonds is 3. The number of aromatic nitrogens is 2. The Morgan fingerprint density at radius 1 is 1.48 bits per heavy atom. The molecule has 2 amide bonds. The zero-order valence-corrected chi connectivity index (χ0v) is 14.2. The third-order valence-electron chi connectivity index (χ3n) is 5.06. The Kier molecular flexibility index (Phi) is 4.14. The molecule has 2 aliphatic rings. The summed E-state index contributed by atoms with van der Waals surface area (Å²) in [6.45, 7) is 3.77. The number of nitrogens with two attached hydrogens (primary N) is 1. The van der Waals surface area contributed by atoms with Gasteiger partial charge in [0.2, 0.25) is 5.95 Å². The summed E-state index contributed by atoms with van der Waals surface area (Å²) < 4.78 is 0. The lowest BCUT2D eigenvalue weighted by molar-refractivity contribution is 0.125. The number of nitrogens with zero attached hydrogens (tertiary/aromatic N) is 4. The van der Waals surface area contributed by atoms with Crippen LogP contribution in [0.4, 0.5) is 10.7 Å². The molecular weight excluding hydrogens is 292 g/mol. The van der Waals surface area contributed by atoms with Crippen molar-refractivity contribution in [1.82, 2.24) is 20.2 Å². The van der Waals surface area contributed by atoms with E-state index in [0.29, 0.717) is 19.0 Å². The van der Waals surface area contributed by atoms with E-state index in [4.69, 9.17) is 5.73 Å². The lowest BCUT2D eigenvalue weighted by atomic mass is 9.66. The van der Waals surface area contributed by atoms with Crippen molar-refractivity contribution in [2.75, 3.05) is 32.1 Å². The number of amides is 2. The van der Waals surface area contributed by atoms with Crippen LogP contribution in [0.5, 0.6) is 0 Å². The molecule has 0 aromatic carbocycles. The largest absolute Gasteiger partial charge is 0.347 e. The first-order valence-electron chi connectivity index (χ1n) is 8.20. The van der Waals surface area contributed by atoms with Gasteiger partial charge in [-0.1, -0.05) is 6.42 Å². The first-order chi connectivity index (χ1) is 10.9. The molecule has 23 heavy (non-hydrogen) atoms. The molecule has 3 N–H and O–H groups in total. The average Bonchev–Trinajstić information content (AvgIpc) is 2.82. The van der Waals surface area contributed by atoms with E-state index >= 15 is 0 Å². The number of urea groups is 1. The number of aryl methyl sites for hydroxylation is 1. The maximum atomic E-state index is 12.4. The standard InChI is InChI=1S/C16H26N6O/c1-11-7-12(20-14(19-11)21(2)3)8-18-15(23)22-9-13(17)16(10-22)5-4-6-16/h7,13H,4-6,8-10,17H2,1-3H3,(H,18,23). The van der Waals surface area contributed by atoms with Crippen molar-refractivity contribution in [2.45, 2.75) is 38.8 Å². The smallest absolute Gasteiger partial charge is 0.317 e. The fourth-order valence-corrected chi connectivity index (χ4v) is 3.49. The number of carbonyl (C=O) groups excluding carboxylic acids is 1. The highest BCUT2D eigenvalue weighted by Gasteiger charge is 2.49. The molecule has 1 aromatic heterocycles. The van der Waals surface area contributed by atoms with Crippen LogP contribution >= 0.6 is 0 Å². The first-order valence-corrected chi connectivity index (χ1v) is 8.20. The summed E-state index contributed by atoms with van der Waals surface area (Å²) in [6.07, 6.45) is 3.53. The Balaban J connectivity index is 1.59. The van der Waals surface area contributed by atoms with Gasteiger partial charge in [-0.15, -0.1) is 0 Å². The summed E-state index contributed by atoms with van der Waals surface area (Å²) in [4.78, 5) is 24.9. The Hall–Kier alpha value is -1.89. The summed E-state index contributed by atoms with van der Waals surface area (Å²) in [5.41, 5.74) is 8.13. The van der Waals surface area contributed by atoms with Gasteiger partial charge in [0, 0.05) is 44.3 Å². The maximum Gasteiger partial charge on any atom is 0.317 e. The van der Waals surface area contributed by atoms with E-state index in [1.54, 1.807) is 0 Å². The molecule has 2 fully saturated rings. The summed E-state index contributed by atoms with van der Waals surface area (Å²) in [5.74, 6) is 0.658. The number of likely N-dealkylation sites (tertiary alicyclic amines) is 1. The van der Waals surface area contributed by atoms with E-state index in [-0.39, 0.29) is 17.5 Å². The second-order valence-corrected chi connectivity index (χ2v) is 7.06. The van der Waals surface area contributed by atoms with Crippen LogP contribution < -0.4 is 16.0 Å². The third-order valence-corrected chi connectivity index (χ3v) is 5.06. The second kappa shape index (κ2) is 5.96. The van der Waals surface area contributed by atoms with Crippen molar-refractivity contribution in [1.29, 1.82) is 0 Å². The highest BCUT2D eigenvalue weighted by atomic mass is 16.2. The third kappa shape index (κ3) is 3.10. The van der Waals surface area contributed by atoms with E-state index in [1.165, 1.54) is 6.42 Å². The molecule has 1 atom stereocenters. The summed E-state index contributed by atoms with van der Waals surface area (Å²) >= 11 is 0. The quantitative estimate of drug-likeness (QED) is 0.863. The van der Waals surface area contributed by atoms with Gasteiger partial charge in [-0.3, -0.25) is 0 Å². The predicted octanol–water partition coefficient (Wildman–Crippen LogP) is 0.874. The van der Waals surface area contributed by atoms with Gasteiger partial charge in [-0.2, -0.15) is 0 Å². The van der Waals surface area contributed by atoms with Gasteiger partial charge in [0.1, 0.15) is 0 Å².